The highest BCUT2D eigenvalue weighted by molar-refractivity contribution is 7.12. The summed E-state index contributed by atoms with van der Waals surface area (Å²) >= 11 is 1.46. The highest BCUT2D eigenvalue weighted by Crippen LogP contribution is 2.24. The summed E-state index contributed by atoms with van der Waals surface area (Å²) in [5.41, 5.74) is 2.57. The van der Waals surface area contributed by atoms with Crippen molar-refractivity contribution in [3.8, 4) is 5.75 Å². The average Bonchev–Trinajstić information content (AvgIpc) is 3.06. The Morgan fingerprint density at radius 3 is 2.31 bits per heavy atom. The van der Waals surface area contributed by atoms with Crippen LogP contribution >= 0.6 is 11.3 Å². The lowest BCUT2D eigenvalue weighted by molar-refractivity contribution is 0.0720. The summed E-state index contributed by atoms with van der Waals surface area (Å²) in [6.45, 7) is 6.34. The fourth-order valence-corrected chi connectivity index (χ4v) is 3.98. The molecule has 5 nitrogen and oxygen atoms in total. The molecule has 1 fully saturated rings. The van der Waals surface area contributed by atoms with Crippen LogP contribution in [0, 0.1) is 13.8 Å². The van der Waals surface area contributed by atoms with Gasteiger partial charge in [-0.25, -0.2) is 0 Å². The van der Waals surface area contributed by atoms with Gasteiger partial charge in [0.15, 0.2) is 0 Å². The molecular formula is C20H24N2O3S. The number of aryl methyl sites for hydroxylation is 2. The summed E-state index contributed by atoms with van der Waals surface area (Å²) in [5, 5.41) is 1.91. The minimum Gasteiger partial charge on any atom is -0.496 e. The topological polar surface area (TPSA) is 49.9 Å². The van der Waals surface area contributed by atoms with E-state index >= 15 is 0 Å². The summed E-state index contributed by atoms with van der Waals surface area (Å²) < 4.78 is 5.33. The number of methoxy groups -OCH3 is 1. The second-order valence-corrected chi connectivity index (χ2v) is 7.50. The van der Waals surface area contributed by atoms with Crippen molar-refractivity contribution in [2.75, 3.05) is 33.3 Å². The van der Waals surface area contributed by atoms with Crippen molar-refractivity contribution in [2.24, 2.45) is 0 Å². The second kappa shape index (κ2) is 7.91. The first-order valence-electron chi connectivity index (χ1n) is 8.78. The van der Waals surface area contributed by atoms with Crippen LogP contribution in [0.25, 0.3) is 0 Å². The van der Waals surface area contributed by atoms with E-state index < -0.39 is 0 Å². The summed E-state index contributed by atoms with van der Waals surface area (Å²) in [4.78, 5) is 30.0. The van der Waals surface area contributed by atoms with E-state index in [1.54, 1.807) is 7.11 Å². The molecule has 0 bridgehead atoms. The fraction of sp³-hybridized carbons (Fsp3) is 0.400. The van der Waals surface area contributed by atoms with Gasteiger partial charge in [-0.05, 0) is 55.0 Å². The highest BCUT2D eigenvalue weighted by atomic mass is 32.1. The van der Waals surface area contributed by atoms with Crippen LogP contribution in [0.5, 0.6) is 5.75 Å². The number of nitrogens with zero attached hydrogens (tertiary/aromatic N) is 2. The van der Waals surface area contributed by atoms with Gasteiger partial charge in [-0.3, -0.25) is 9.59 Å². The second-order valence-electron chi connectivity index (χ2n) is 6.55. The third-order valence-corrected chi connectivity index (χ3v) is 5.63. The molecule has 0 aliphatic carbocycles. The molecule has 0 N–H and O–H groups in total. The summed E-state index contributed by atoms with van der Waals surface area (Å²) in [6.07, 6.45) is 0.789. The van der Waals surface area contributed by atoms with E-state index in [2.05, 4.69) is 0 Å². The van der Waals surface area contributed by atoms with Crippen molar-refractivity contribution in [1.29, 1.82) is 0 Å². The van der Waals surface area contributed by atoms with Crippen LogP contribution in [-0.2, 0) is 0 Å². The third kappa shape index (κ3) is 3.75. The van der Waals surface area contributed by atoms with Gasteiger partial charge < -0.3 is 14.5 Å². The number of benzene rings is 1. The zero-order valence-corrected chi connectivity index (χ0v) is 16.3. The highest BCUT2D eigenvalue weighted by Gasteiger charge is 2.25. The van der Waals surface area contributed by atoms with Crippen LogP contribution in [0.4, 0.5) is 0 Å². The molecule has 0 saturated carbocycles. The Hall–Kier alpha value is -2.34. The molecule has 6 heteroatoms. The van der Waals surface area contributed by atoms with Gasteiger partial charge in [-0.15, -0.1) is 11.3 Å². The summed E-state index contributed by atoms with van der Waals surface area (Å²) in [6, 6.07) is 7.55. The van der Waals surface area contributed by atoms with Crippen LogP contribution in [-0.4, -0.2) is 54.9 Å². The van der Waals surface area contributed by atoms with Gasteiger partial charge in [0.25, 0.3) is 11.8 Å². The van der Waals surface area contributed by atoms with Crippen molar-refractivity contribution in [1.82, 2.24) is 9.80 Å². The van der Waals surface area contributed by atoms with Crippen molar-refractivity contribution in [3.63, 3.8) is 0 Å². The molecular weight excluding hydrogens is 348 g/mol. The molecule has 2 aromatic rings. The Morgan fingerprint density at radius 1 is 1.00 bits per heavy atom. The minimum absolute atomic E-state index is 0.0266. The van der Waals surface area contributed by atoms with Crippen LogP contribution in [0.2, 0.25) is 0 Å². The van der Waals surface area contributed by atoms with Crippen molar-refractivity contribution < 1.29 is 14.3 Å². The van der Waals surface area contributed by atoms with Crippen LogP contribution in [0.1, 0.15) is 37.6 Å². The van der Waals surface area contributed by atoms with Gasteiger partial charge in [0.2, 0.25) is 0 Å². The molecule has 1 aromatic heterocycles. The molecule has 2 amide bonds. The molecule has 0 spiro atoms. The molecule has 2 heterocycles. The quantitative estimate of drug-likeness (QED) is 0.830. The summed E-state index contributed by atoms with van der Waals surface area (Å²) in [7, 11) is 1.64. The maximum atomic E-state index is 13.0. The first kappa shape index (κ1) is 18.5. The van der Waals surface area contributed by atoms with Crippen molar-refractivity contribution >= 4 is 23.2 Å². The first-order valence-corrected chi connectivity index (χ1v) is 9.66. The molecule has 26 heavy (non-hydrogen) atoms. The Kier molecular flexibility index (Phi) is 5.61. The van der Waals surface area contributed by atoms with Crippen molar-refractivity contribution in [3.05, 3.63) is 51.2 Å². The van der Waals surface area contributed by atoms with Gasteiger partial charge in [0.1, 0.15) is 5.75 Å². The van der Waals surface area contributed by atoms with Gasteiger partial charge in [-0.1, -0.05) is 6.07 Å². The van der Waals surface area contributed by atoms with Gasteiger partial charge in [-0.2, -0.15) is 0 Å². The molecule has 0 atom stereocenters. The molecule has 0 unspecified atom stereocenters. The van der Waals surface area contributed by atoms with Crippen LogP contribution < -0.4 is 4.74 Å². The fourth-order valence-electron chi connectivity index (χ4n) is 3.29. The molecule has 1 saturated heterocycles. The van der Waals surface area contributed by atoms with Gasteiger partial charge in [0.05, 0.1) is 12.0 Å². The lowest BCUT2D eigenvalue weighted by Crippen LogP contribution is -2.37. The molecule has 3 rings (SSSR count). The lowest BCUT2D eigenvalue weighted by atomic mass is 10.0. The molecule has 0 radical (unpaired) electrons. The Morgan fingerprint density at radius 2 is 1.69 bits per heavy atom. The predicted octanol–water partition coefficient (Wildman–Crippen LogP) is 3.36. The number of rotatable bonds is 3. The number of thiophene rings is 1. The normalized spacial score (nSPS) is 14.9. The van der Waals surface area contributed by atoms with E-state index in [4.69, 9.17) is 4.74 Å². The van der Waals surface area contributed by atoms with E-state index in [1.807, 2.05) is 53.3 Å². The van der Waals surface area contributed by atoms with E-state index in [-0.39, 0.29) is 11.8 Å². The van der Waals surface area contributed by atoms with Gasteiger partial charge >= 0.3 is 0 Å². The first-order chi connectivity index (χ1) is 12.5. The van der Waals surface area contributed by atoms with E-state index in [9.17, 15) is 9.59 Å². The lowest BCUT2D eigenvalue weighted by Gasteiger charge is -2.23. The Bertz CT molecular complexity index is 802. The van der Waals surface area contributed by atoms with E-state index in [1.165, 1.54) is 11.3 Å². The molecule has 1 aromatic carbocycles. The zero-order chi connectivity index (χ0) is 18.7. The average molecular weight is 372 g/mol. The standard InChI is InChI=1S/C20H24N2O3S/c1-14-13-17(25-3)15(2)12-16(14)19(23)21-7-5-8-22(10-9-21)20(24)18-6-4-11-26-18/h4,6,11-13H,5,7-10H2,1-3H3. The largest absolute Gasteiger partial charge is 0.496 e. The van der Waals surface area contributed by atoms with E-state index in [0.29, 0.717) is 31.7 Å². The maximum absolute atomic E-state index is 13.0. The predicted molar refractivity (Wildman–Crippen MR) is 103 cm³/mol. The smallest absolute Gasteiger partial charge is 0.263 e. The molecule has 138 valence electrons. The van der Waals surface area contributed by atoms with Crippen LogP contribution in [0.15, 0.2) is 29.6 Å². The number of hydrogen-bond donors (Lipinski definition) is 0. The van der Waals surface area contributed by atoms with Gasteiger partial charge in [0, 0.05) is 31.7 Å². The maximum Gasteiger partial charge on any atom is 0.263 e. The summed E-state index contributed by atoms with van der Waals surface area (Å²) in [5.74, 6) is 0.882. The minimum atomic E-state index is 0.0266. The molecule has 1 aliphatic rings. The Balaban J connectivity index is 1.72. The number of ether oxygens (including phenoxy) is 1. The number of carbonyl (C=O) groups is 2. The number of carbonyl (C=O) groups excluding carboxylic acids is 2. The van der Waals surface area contributed by atoms with E-state index in [0.717, 1.165) is 28.2 Å². The number of hydrogen-bond acceptors (Lipinski definition) is 4. The monoisotopic (exact) mass is 372 g/mol. The van der Waals surface area contributed by atoms with Crippen molar-refractivity contribution in [2.45, 2.75) is 20.3 Å². The Labute approximate surface area is 158 Å². The zero-order valence-electron chi connectivity index (χ0n) is 15.4. The number of amides is 2. The third-order valence-electron chi connectivity index (χ3n) is 4.77. The molecule has 1 aliphatic heterocycles. The van der Waals surface area contributed by atoms with Crippen LogP contribution in [0.3, 0.4) is 0 Å². The SMILES string of the molecule is COc1cc(C)c(C(=O)N2CCCN(C(=O)c3cccs3)CC2)cc1C.